The zero-order valence-electron chi connectivity index (χ0n) is 10.9. The Balaban J connectivity index is 1.67. The van der Waals surface area contributed by atoms with E-state index in [1.54, 1.807) is 6.92 Å². The highest BCUT2D eigenvalue weighted by Gasteiger charge is 2.47. The monoisotopic (exact) mass is 256 g/mol. The molecule has 0 aromatic rings. The molecule has 0 aromatic heterocycles. The molecule has 1 saturated carbocycles. The van der Waals surface area contributed by atoms with Crippen molar-refractivity contribution in [2.45, 2.75) is 45.3 Å². The van der Waals surface area contributed by atoms with Crippen LogP contribution in [0.5, 0.6) is 0 Å². The molecule has 1 aliphatic heterocycles. The SMILES string of the molecule is CCOC(=O)CC(=O)OCC1CC2OC2CC1C. The van der Waals surface area contributed by atoms with Gasteiger partial charge in [0.2, 0.25) is 0 Å². The van der Waals surface area contributed by atoms with Gasteiger partial charge >= 0.3 is 11.9 Å². The van der Waals surface area contributed by atoms with Crippen molar-refractivity contribution in [2.24, 2.45) is 11.8 Å². The molecular formula is C13H20O5. The standard InChI is InChI=1S/C13H20O5/c1-3-16-12(14)6-13(15)17-7-9-5-11-10(18-11)4-8(9)2/h8-11H,3-7H2,1-2H3. The first-order valence-corrected chi connectivity index (χ1v) is 6.56. The minimum Gasteiger partial charge on any atom is -0.466 e. The van der Waals surface area contributed by atoms with Crippen LogP contribution in [0.1, 0.15) is 33.1 Å². The number of hydrogen-bond donors (Lipinski definition) is 0. The van der Waals surface area contributed by atoms with Crippen LogP contribution in [0.4, 0.5) is 0 Å². The first-order chi connectivity index (χ1) is 8.60. The first-order valence-electron chi connectivity index (χ1n) is 6.56. The van der Waals surface area contributed by atoms with Gasteiger partial charge in [0.25, 0.3) is 0 Å². The van der Waals surface area contributed by atoms with Crippen LogP contribution in [-0.2, 0) is 23.8 Å². The van der Waals surface area contributed by atoms with Crippen molar-refractivity contribution >= 4 is 11.9 Å². The topological polar surface area (TPSA) is 65.1 Å². The normalized spacial score (nSPS) is 33.4. The fraction of sp³-hybridized carbons (Fsp3) is 0.846. The smallest absolute Gasteiger partial charge is 0.317 e. The fourth-order valence-corrected chi connectivity index (χ4v) is 2.50. The lowest BCUT2D eigenvalue weighted by Crippen LogP contribution is -2.27. The fourth-order valence-electron chi connectivity index (χ4n) is 2.50. The third kappa shape index (κ3) is 3.45. The molecule has 5 nitrogen and oxygen atoms in total. The van der Waals surface area contributed by atoms with Gasteiger partial charge in [-0.05, 0) is 31.6 Å². The summed E-state index contributed by atoms with van der Waals surface area (Å²) in [6.07, 6.45) is 2.52. The summed E-state index contributed by atoms with van der Waals surface area (Å²) in [6.45, 7) is 4.53. The quantitative estimate of drug-likeness (QED) is 0.421. The molecule has 2 rings (SSSR count). The van der Waals surface area contributed by atoms with E-state index < -0.39 is 11.9 Å². The summed E-state index contributed by atoms with van der Waals surface area (Å²) in [6, 6.07) is 0. The maximum atomic E-state index is 11.4. The Morgan fingerprint density at radius 3 is 2.56 bits per heavy atom. The number of carbonyl (C=O) groups excluding carboxylic acids is 2. The van der Waals surface area contributed by atoms with Gasteiger partial charge in [-0.25, -0.2) is 0 Å². The molecule has 1 saturated heterocycles. The second-order valence-corrected chi connectivity index (χ2v) is 5.09. The number of carbonyl (C=O) groups is 2. The van der Waals surface area contributed by atoms with Gasteiger partial charge in [0, 0.05) is 0 Å². The summed E-state index contributed by atoms with van der Waals surface area (Å²) < 4.78 is 15.3. The van der Waals surface area contributed by atoms with Crippen molar-refractivity contribution < 1.29 is 23.8 Å². The van der Waals surface area contributed by atoms with Crippen molar-refractivity contribution in [3.8, 4) is 0 Å². The van der Waals surface area contributed by atoms with Crippen LogP contribution in [0, 0.1) is 11.8 Å². The van der Waals surface area contributed by atoms with Crippen molar-refractivity contribution in [3.05, 3.63) is 0 Å². The zero-order valence-corrected chi connectivity index (χ0v) is 10.9. The number of esters is 2. The van der Waals surface area contributed by atoms with Crippen LogP contribution in [-0.4, -0.2) is 37.4 Å². The zero-order chi connectivity index (χ0) is 13.1. The van der Waals surface area contributed by atoms with Gasteiger partial charge in [-0.2, -0.15) is 0 Å². The van der Waals surface area contributed by atoms with E-state index >= 15 is 0 Å². The summed E-state index contributed by atoms with van der Waals surface area (Å²) in [5, 5.41) is 0. The maximum absolute atomic E-state index is 11.4. The van der Waals surface area contributed by atoms with E-state index in [1.807, 2.05) is 0 Å². The summed E-state index contributed by atoms with van der Waals surface area (Å²) >= 11 is 0. The van der Waals surface area contributed by atoms with Crippen molar-refractivity contribution in [1.82, 2.24) is 0 Å². The lowest BCUT2D eigenvalue weighted by Gasteiger charge is -2.25. The molecule has 4 unspecified atom stereocenters. The van der Waals surface area contributed by atoms with Crippen LogP contribution in [0.3, 0.4) is 0 Å². The van der Waals surface area contributed by atoms with Gasteiger partial charge in [-0.1, -0.05) is 6.92 Å². The highest BCUT2D eigenvalue weighted by molar-refractivity contribution is 5.91. The number of hydrogen-bond acceptors (Lipinski definition) is 5. The summed E-state index contributed by atoms with van der Waals surface area (Å²) in [5.74, 6) is -0.173. The number of ether oxygens (including phenoxy) is 3. The van der Waals surface area contributed by atoms with Crippen LogP contribution in [0.2, 0.25) is 0 Å². The Hall–Kier alpha value is -1.10. The second-order valence-electron chi connectivity index (χ2n) is 5.09. The molecule has 18 heavy (non-hydrogen) atoms. The highest BCUT2D eigenvalue weighted by atomic mass is 16.6. The Morgan fingerprint density at radius 2 is 1.83 bits per heavy atom. The number of epoxide rings is 1. The van der Waals surface area contributed by atoms with Crippen LogP contribution in [0.15, 0.2) is 0 Å². The molecule has 5 heteroatoms. The first kappa shape index (κ1) is 13.3. The molecule has 1 heterocycles. The van der Waals surface area contributed by atoms with Crippen LogP contribution in [0.25, 0.3) is 0 Å². The number of fused-ring (bicyclic) bond motifs is 1. The highest BCUT2D eigenvalue weighted by Crippen LogP contribution is 2.42. The predicted octanol–water partition coefficient (Wildman–Crippen LogP) is 1.30. The lowest BCUT2D eigenvalue weighted by molar-refractivity contribution is -0.155. The Bertz CT molecular complexity index is 327. The Labute approximate surface area is 107 Å². The Kier molecular flexibility index (Phi) is 4.22. The largest absolute Gasteiger partial charge is 0.466 e. The second kappa shape index (κ2) is 5.69. The summed E-state index contributed by atoms with van der Waals surface area (Å²) in [4.78, 5) is 22.5. The Morgan fingerprint density at radius 1 is 1.17 bits per heavy atom. The third-order valence-corrected chi connectivity index (χ3v) is 3.68. The summed E-state index contributed by atoms with van der Waals surface area (Å²) in [7, 11) is 0. The number of rotatable bonds is 5. The minimum atomic E-state index is -0.523. The molecule has 0 aromatic carbocycles. The minimum absolute atomic E-state index is 0.284. The van der Waals surface area contributed by atoms with E-state index in [0.717, 1.165) is 12.8 Å². The molecule has 0 amide bonds. The molecule has 0 bridgehead atoms. The van der Waals surface area contributed by atoms with Gasteiger partial charge in [0.15, 0.2) is 0 Å². The molecule has 0 N–H and O–H groups in total. The van der Waals surface area contributed by atoms with Crippen LogP contribution >= 0.6 is 0 Å². The van der Waals surface area contributed by atoms with E-state index in [1.165, 1.54) is 0 Å². The van der Waals surface area contributed by atoms with Crippen LogP contribution < -0.4 is 0 Å². The van der Waals surface area contributed by atoms with Gasteiger partial charge < -0.3 is 14.2 Å². The molecular weight excluding hydrogens is 236 g/mol. The van der Waals surface area contributed by atoms with Gasteiger partial charge in [0.1, 0.15) is 6.42 Å². The van der Waals surface area contributed by atoms with Gasteiger partial charge in [-0.15, -0.1) is 0 Å². The van der Waals surface area contributed by atoms with Crippen molar-refractivity contribution in [3.63, 3.8) is 0 Å². The van der Waals surface area contributed by atoms with E-state index in [0.29, 0.717) is 30.7 Å². The molecule has 1 aliphatic carbocycles. The van der Waals surface area contributed by atoms with E-state index in [9.17, 15) is 9.59 Å². The molecule has 4 atom stereocenters. The average molecular weight is 256 g/mol. The van der Waals surface area contributed by atoms with Gasteiger partial charge in [0.05, 0.1) is 25.4 Å². The van der Waals surface area contributed by atoms with E-state index in [-0.39, 0.29) is 13.0 Å². The van der Waals surface area contributed by atoms with Crippen molar-refractivity contribution in [1.29, 1.82) is 0 Å². The van der Waals surface area contributed by atoms with Gasteiger partial charge in [-0.3, -0.25) is 9.59 Å². The molecule has 2 fully saturated rings. The summed E-state index contributed by atoms with van der Waals surface area (Å²) in [5.41, 5.74) is 0. The third-order valence-electron chi connectivity index (χ3n) is 3.68. The molecule has 2 aliphatic rings. The van der Waals surface area contributed by atoms with Crippen molar-refractivity contribution in [2.75, 3.05) is 13.2 Å². The van der Waals surface area contributed by atoms with E-state index in [4.69, 9.17) is 9.47 Å². The molecule has 102 valence electrons. The maximum Gasteiger partial charge on any atom is 0.317 e. The molecule has 0 radical (unpaired) electrons. The average Bonchev–Trinajstić information content (AvgIpc) is 3.04. The lowest BCUT2D eigenvalue weighted by atomic mass is 9.81. The molecule has 0 spiro atoms. The predicted molar refractivity (Wildman–Crippen MR) is 62.8 cm³/mol. The van der Waals surface area contributed by atoms with E-state index in [2.05, 4.69) is 11.7 Å².